The molecule has 1 aliphatic rings. The summed E-state index contributed by atoms with van der Waals surface area (Å²) in [4.78, 5) is 4.99. The Bertz CT molecular complexity index is 1080. The van der Waals surface area contributed by atoms with Gasteiger partial charge in [-0.15, -0.1) is 24.8 Å². The zero-order chi connectivity index (χ0) is 25.0. The lowest BCUT2D eigenvalue weighted by Crippen LogP contribution is -2.47. The van der Waals surface area contributed by atoms with Crippen molar-refractivity contribution in [3.05, 3.63) is 88.9 Å². The largest absolute Gasteiger partial charge is 0.497 e. The van der Waals surface area contributed by atoms with Crippen LogP contribution in [0.15, 0.2) is 72.8 Å². The predicted molar refractivity (Wildman–Crippen MR) is 161 cm³/mol. The molecule has 5 nitrogen and oxygen atoms in total. The second-order valence-corrected chi connectivity index (χ2v) is 9.53. The average Bonchev–Trinajstić information content (AvgIpc) is 2.92. The Labute approximate surface area is 244 Å². The number of halogens is 3. The van der Waals surface area contributed by atoms with E-state index in [1.165, 1.54) is 11.1 Å². The van der Waals surface area contributed by atoms with E-state index in [9.17, 15) is 0 Å². The van der Waals surface area contributed by atoms with E-state index in [1.54, 1.807) is 7.11 Å². The molecule has 0 N–H and O–H groups in total. The molecular formula is C30H39Cl3N2O3. The average molecular weight is 582 g/mol. The Hall–Kier alpha value is -2.15. The number of nitrogens with zero attached hydrogens (tertiary/aromatic N) is 2. The van der Waals surface area contributed by atoms with Gasteiger partial charge in [0.1, 0.15) is 23.9 Å². The Kier molecular flexibility index (Phi) is 14.7. The molecule has 0 aromatic heterocycles. The summed E-state index contributed by atoms with van der Waals surface area (Å²) in [5.74, 6) is 2.67. The standard InChI is InChI=1S/C30H37ClN2O3.2ClH/c1-34-27-10-6-8-25(24-27)14-15-26-9-2-4-12-29(26)35-22-7-16-32-17-19-33(20-18-32)21-23-36-30-13-5-3-11-28(30)31;;/h2-6,8-13,24H,7,14-23H2,1H3;2*1H. The van der Waals surface area contributed by atoms with Gasteiger partial charge in [0.05, 0.1) is 18.7 Å². The van der Waals surface area contributed by atoms with Crippen LogP contribution in [-0.4, -0.2) is 69.4 Å². The molecule has 1 fully saturated rings. The Morgan fingerprint density at radius 3 is 2.11 bits per heavy atom. The van der Waals surface area contributed by atoms with Crippen molar-refractivity contribution < 1.29 is 14.2 Å². The highest BCUT2D eigenvalue weighted by Gasteiger charge is 2.16. The predicted octanol–water partition coefficient (Wildman–Crippen LogP) is 6.44. The van der Waals surface area contributed by atoms with Gasteiger partial charge in [0.25, 0.3) is 0 Å². The molecular weight excluding hydrogens is 543 g/mol. The molecule has 8 heteroatoms. The Morgan fingerprint density at radius 1 is 0.711 bits per heavy atom. The summed E-state index contributed by atoms with van der Waals surface area (Å²) in [5, 5.41) is 0.670. The second kappa shape index (κ2) is 17.4. The molecule has 0 spiro atoms. The Balaban J connectivity index is 0.00000253. The number of piperazine rings is 1. The lowest BCUT2D eigenvalue weighted by Gasteiger charge is -2.34. The fourth-order valence-corrected chi connectivity index (χ4v) is 4.70. The van der Waals surface area contributed by atoms with Crippen LogP contribution in [0.3, 0.4) is 0 Å². The van der Waals surface area contributed by atoms with E-state index in [2.05, 4.69) is 46.2 Å². The molecule has 38 heavy (non-hydrogen) atoms. The first-order valence-electron chi connectivity index (χ1n) is 12.9. The van der Waals surface area contributed by atoms with Gasteiger partial charge >= 0.3 is 0 Å². The van der Waals surface area contributed by atoms with Gasteiger partial charge in [-0.1, -0.05) is 54.1 Å². The summed E-state index contributed by atoms with van der Waals surface area (Å²) in [7, 11) is 1.71. The smallest absolute Gasteiger partial charge is 0.137 e. The molecule has 0 aliphatic carbocycles. The van der Waals surface area contributed by atoms with Crippen LogP contribution in [0, 0.1) is 0 Å². The summed E-state index contributed by atoms with van der Waals surface area (Å²) in [5.41, 5.74) is 2.53. The molecule has 1 aliphatic heterocycles. The van der Waals surface area contributed by atoms with E-state index in [-0.39, 0.29) is 24.8 Å². The minimum Gasteiger partial charge on any atom is -0.497 e. The van der Waals surface area contributed by atoms with Crippen molar-refractivity contribution in [1.82, 2.24) is 9.80 Å². The van der Waals surface area contributed by atoms with Gasteiger partial charge < -0.3 is 19.1 Å². The van der Waals surface area contributed by atoms with Crippen LogP contribution in [0.2, 0.25) is 5.02 Å². The number of aryl methyl sites for hydroxylation is 2. The highest BCUT2D eigenvalue weighted by atomic mass is 35.5. The number of benzene rings is 3. The van der Waals surface area contributed by atoms with Gasteiger partial charge in [-0.3, -0.25) is 4.90 Å². The van der Waals surface area contributed by atoms with Crippen molar-refractivity contribution in [3.63, 3.8) is 0 Å². The molecule has 0 saturated carbocycles. The number of methoxy groups -OCH3 is 1. The molecule has 0 bridgehead atoms. The summed E-state index contributed by atoms with van der Waals surface area (Å²) in [6.07, 6.45) is 2.94. The molecule has 3 aromatic carbocycles. The van der Waals surface area contributed by atoms with E-state index in [1.807, 2.05) is 36.4 Å². The molecule has 0 radical (unpaired) electrons. The van der Waals surface area contributed by atoms with Crippen LogP contribution in [0.4, 0.5) is 0 Å². The minimum atomic E-state index is 0. The van der Waals surface area contributed by atoms with Crippen molar-refractivity contribution >= 4 is 36.4 Å². The van der Waals surface area contributed by atoms with Crippen molar-refractivity contribution in [1.29, 1.82) is 0 Å². The topological polar surface area (TPSA) is 34.2 Å². The van der Waals surface area contributed by atoms with Crippen molar-refractivity contribution in [3.8, 4) is 17.2 Å². The van der Waals surface area contributed by atoms with E-state index in [0.29, 0.717) is 11.6 Å². The quantitative estimate of drug-likeness (QED) is 0.217. The van der Waals surface area contributed by atoms with Crippen LogP contribution in [0.5, 0.6) is 17.2 Å². The normalized spacial score (nSPS) is 13.7. The second-order valence-electron chi connectivity index (χ2n) is 9.12. The van der Waals surface area contributed by atoms with E-state index in [4.69, 9.17) is 25.8 Å². The third kappa shape index (κ3) is 10.2. The number of hydrogen-bond acceptors (Lipinski definition) is 5. The molecule has 0 amide bonds. The lowest BCUT2D eigenvalue weighted by atomic mass is 10.0. The minimum absolute atomic E-state index is 0. The van der Waals surface area contributed by atoms with Gasteiger partial charge in [0.2, 0.25) is 0 Å². The Morgan fingerprint density at radius 2 is 1.37 bits per heavy atom. The van der Waals surface area contributed by atoms with Crippen LogP contribution in [-0.2, 0) is 12.8 Å². The van der Waals surface area contributed by atoms with Gasteiger partial charge in [-0.05, 0) is 60.7 Å². The number of rotatable bonds is 13. The molecule has 4 rings (SSSR count). The zero-order valence-corrected chi connectivity index (χ0v) is 24.4. The van der Waals surface area contributed by atoms with Crippen LogP contribution in [0.25, 0.3) is 0 Å². The molecule has 208 valence electrons. The summed E-state index contributed by atoms with van der Waals surface area (Å²) in [6.45, 7) is 7.70. The third-order valence-corrected chi connectivity index (χ3v) is 6.94. The molecule has 1 heterocycles. The number of para-hydroxylation sites is 2. The zero-order valence-electron chi connectivity index (χ0n) is 22.0. The van der Waals surface area contributed by atoms with E-state index in [0.717, 1.165) is 82.4 Å². The fraction of sp³-hybridized carbons (Fsp3) is 0.400. The summed E-state index contributed by atoms with van der Waals surface area (Å²) < 4.78 is 17.4. The van der Waals surface area contributed by atoms with Gasteiger partial charge in [0, 0.05) is 39.3 Å². The first-order valence-corrected chi connectivity index (χ1v) is 13.2. The van der Waals surface area contributed by atoms with Gasteiger partial charge in [-0.2, -0.15) is 0 Å². The summed E-state index contributed by atoms with van der Waals surface area (Å²) in [6, 6.07) is 24.3. The highest BCUT2D eigenvalue weighted by molar-refractivity contribution is 6.32. The van der Waals surface area contributed by atoms with Crippen LogP contribution < -0.4 is 14.2 Å². The van der Waals surface area contributed by atoms with Crippen LogP contribution in [0.1, 0.15) is 17.5 Å². The SMILES string of the molecule is COc1cccc(CCc2ccccc2OCCCN2CCN(CCOc3ccccc3Cl)CC2)c1.Cl.Cl. The van der Waals surface area contributed by atoms with Gasteiger partial charge in [0.15, 0.2) is 0 Å². The third-order valence-electron chi connectivity index (χ3n) is 6.63. The maximum atomic E-state index is 6.20. The first-order chi connectivity index (χ1) is 17.7. The molecule has 0 atom stereocenters. The van der Waals surface area contributed by atoms with E-state index >= 15 is 0 Å². The number of ether oxygens (including phenoxy) is 3. The van der Waals surface area contributed by atoms with Crippen LogP contribution >= 0.6 is 36.4 Å². The molecule has 1 saturated heterocycles. The highest BCUT2D eigenvalue weighted by Crippen LogP contribution is 2.23. The summed E-state index contributed by atoms with van der Waals surface area (Å²) >= 11 is 6.16. The number of hydrogen-bond donors (Lipinski definition) is 0. The maximum absolute atomic E-state index is 6.20. The van der Waals surface area contributed by atoms with Crippen molar-refractivity contribution in [2.24, 2.45) is 0 Å². The lowest BCUT2D eigenvalue weighted by molar-refractivity contribution is 0.112. The van der Waals surface area contributed by atoms with Gasteiger partial charge in [-0.25, -0.2) is 0 Å². The molecule has 0 unspecified atom stereocenters. The first kappa shape index (κ1) is 32.1. The van der Waals surface area contributed by atoms with Crippen molar-refractivity contribution in [2.45, 2.75) is 19.3 Å². The monoisotopic (exact) mass is 580 g/mol. The van der Waals surface area contributed by atoms with Crippen molar-refractivity contribution in [2.75, 3.05) is 59.6 Å². The van der Waals surface area contributed by atoms with E-state index < -0.39 is 0 Å². The fourth-order valence-electron chi connectivity index (χ4n) is 4.51. The maximum Gasteiger partial charge on any atom is 0.137 e. The molecule has 3 aromatic rings.